The summed E-state index contributed by atoms with van der Waals surface area (Å²) in [5.41, 5.74) is 0.412. The molecule has 0 aromatic heterocycles. The van der Waals surface area contributed by atoms with Gasteiger partial charge in [-0.05, 0) is 51.1 Å². The van der Waals surface area contributed by atoms with Crippen molar-refractivity contribution in [2.75, 3.05) is 13.1 Å². The predicted octanol–water partition coefficient (Wildman–Crippen LogP) is 3.87. The van der Waals surface area contributed by atoms with Crippen LogP contribution in [0.1, 0.15) is 31.4 Å². The summed E-state index contributed by atoms with van der Waals surface area (Å²) < 4.78 is 51.0. The number of piperidine rings is 1. The Morgan fingerprint density at radius 2 is 1.85 bits per heavy atom. The Labute approximate surface area is 115 Å². The zero-order chi connectivity index (χ0) is 14.9. The molecular weight excluding hydrogens is 274 g/mol. The third-order valence-corrected chi connectivity index (χ3v) is 3.98. The van der Waals surface area contributed by atoms with Crippen LogP contribution in [0.2, 0.25) is 0 Å². The topological polar surface area (TPSA) is 23.5 Å². The molecule has 0 spiro atoms. The number of likely N-dealkylation sites (tertiary alicyclic amines) is 1. The number of hydrogen-bond acceptors (Lipinski definition) is 2. The van der Waals surface area contributed by atoms with Gasteiger partial charge in [0.2, 0.25) is 0 Å². The van der Waals surface area contributed by atoms with Gasteiger partial charge in [0.05, 0.1) is 5.92 Å². The molecule has 112 valence electrons. The first-order valence-corrected chi connectivity index (χ1v) is 6.58. The summed E-state index contributed by atoms with van der Waals surface area (Å²) in [6.45, 7) is 2.35. The van der Waals surface area contributed by atoms with E-state index in [-0.39, 0.29) is 24.6 Å². The fraction of sp³-hybridized carbons (Fsp3) is 0.571. The van der Waals surface area contributed by atoms with Crippen LogP contribution in [0.4, 0.5) is 17.6 Å². The van der Waals surface area contributed by atoms with Gasteiger partial charge in [-0.1, -0.05) is 0 Å². The normalized spacial score (nSPS) is 20.1. The lowest BCUT2D eigenvalue weighted by Gasteiger charge is -2.36. The number of phenolic OH excluding ortho intramolecular Hbond substituents is 1. The van der Waals surface area contributed by atoms with Crippen molar-refractivity contribution in [2.24, 2.45) is 5.92 Å². The summed E-state index contributed by atoms with van der Waals surface area (Å²) in [5.74, 6) is -1.75. The standard InChI is InChI=1S/C14H17F4NO/c1-9(12-8-11(15)2-3-13(12)20)19-6-4-10(5-7-19)14(16,17)18/h2-3,8-10,20H,4-7H2,1H3. The van der Waals surface area contributed by atoms with Crippen molar-refractivity contribution in [1.29, 1.82) is 0 Å². The average molecular weight is 291 g/mol. The third-order valence-electron chi connectivity index (χ3n) is 3.98. The van der Waals surface area contributed by atoms with E-state index in [1.165, 1.54) is 12.1 Å². The van der Waals surface area contributed by atoms with E-state index < -0.39 is 17.9 Å². The SMILES string of the molecule is CC(c1cc(F)ccc1O)N1CCC(C(F)(F)F)CC1. The number of rotatable bonds is 2. The van der Waals surface area contributed by atoms with E-state index in [1.807, 2.05) is 4.90 Å². The van der Waals surface area contributed by atoms with E-state index in [9.17, 15) is 22.7 Å². The second-order valence-electron chi connectivity index (χ2n) is 5.23. The van der Waals surface area contributed by atoms with Crippen molar-refractivity contribution >= 4 is 0 Å². The minimum atomic E-state index is -4.14. The molecule has 1 aromatic rings. The van der Waals surface area contributed by atoms with Crippen LogP contribution in [0, 0.1) is 11.7 Å². The molecular formula is C14H17F4NO. The monoisotopic (exact) mass is 291 g/mol. The molecule has 6 heteroatoms. The van der Waals surface area contributed by atoms with Crippen LogP contribution in [0.25, 0.3) is 0 Å². The van der Waals surface area contributed by atoms with E-state index in [4.69, 9.17) is 0 Å². The summed E-state index contributed by atoms with van der Waals surface area (Å²) in [6, 6.07) is 3.35. The van der Waals surface area contributed by atoms with E-state index in [0.29, 0.717) is 18.7 Å². The van der Waals surface area contributed by atoms with Gasteiger partial charge in [0.15, 0.2) is 0 Å². The predicted molar refractivity (Wildman–Crippen MR) is 66.8 cm³/mol. The fourth-order valence-electron chi connectivity index (χ4n) is 2.67. The molecule has 1 unspecified atom stereocenters. The maximum atomic E-state index is 13.2. The number of phenols is 1. The molecule has 2 rings (SSSR count). The molecule has 1 aromatic carbocycles. The highest BCUT2D eigenvalue weighted by Gasteiger charge is 2.41. The van der Waals surface area contributed by atoms with Gasteiger partial charge >= 0.3 is 6.18 Å². The van der Waals surface area contributed by atoms with Crippen molar-refractivity contribution in [3.8, 4) is 5.75 Å². The highest BCUT2D eigenvalue weighted by molar-refractivity contribution is 5.35. The van der Waals surface area contributed by atoms with E-state index >= 15 is 0 Å². The fourth-order valence-corrected chi connectivity index (χ4v) is 2.67. The molecule has 0 radical (unpaired) electrons. The second-order valence-corrected chi connectivity index (χ2v) is 5.23. The highest BCUT2D eigenvalue weighted by Crippen LogP contribution is 2.37. The first-order chi connectivity index (χ1) is 9.29. The van der Waals surface area contributed by atoms with E-state index in [2.05, 4.69) is 0 Å². The van der Waals surface area contributed by atoms with Crippen LogP contribution in [0.15, 0.2) is 18.2 Å². The van der Waals surface area contributed by atoms with Gasteiger partial charge < -0.3 is 5.11 Å². The number of alkyl halides is 3. The molecule has 1 heterocycles. The Kier molecular flexibility index (Phi) is 4.22. The molecule has 0 saturated carbocycles. The van der Waals surface area contributed by atoms with Gasteiger partial charge in [0, 0.05) is 11.6 Å². The molecule has 0 aliphatic carbocycles. The Balaban J connectivity index is 2.05. The maximum absolute atomic E-state index is 13.2. The summed E-state index contributed by atoms with van der Waals surface area (Å²) in [4.78, 5) is 1.84. The van der Waals surface area contributed by atoms with Gasteiger partial charge in [-0.3, -0.25) is 4.90 Å². The van der Waals surface area contributed by atoms with Crippen LogP contribution < -0.4 is 0 Å². The molecule has 1 atom stereocenters. The van der Waals surface area contributed by atoms with Gasteiger partial charge in [0.25, 0.3) is 0 Å². The number of aromatic hydroxyl groups is 1. The smallest absolute Gasteiger partial charge is 0.391 e. The Bertz CT molecular complexity index is 467. The quantitative estimate of drug-likeness (QED) is 0.836. The van der Waals surface area contributed by atoms with Gasteiger partial charge in [0.1, 0.15) is 11.6 Å². The first-order valence-electron chi connectivity index (χ1n) is 6.58. The van der Waals surface area contributed by atoms with Crippen LogP contribution >= 0.6 is 0 Å². The molecule has 1 aliphatic rings. The van der Waals surface area contributed by atoms with Crippen LogP contribution in [-0.2, 0) is 0 Å². The lowest BCUT2D eigenvalue weighted by atomic mass is 9.94. The minimum Gasteiger partial charge on any atom is -0.508 e. The molecule has 0 bridgehead atoms. The molecule has 0 amide bonds. The van der Waals surface area contributed by atoms with Crippen LogP contribution in [-0.4, -0.2) is 29.3 Å². The van der Waals surface area contributed by atoms with Crippen molar-refractivity contribution in [1.82, 2.24) is 4.90 Å². The molecule has 1 N–H and O–H groups in total. The average Bonchev–Trinajstić information content (AvgIpc) is 2.40. The van der Waals surface area contributed by atoms with Crippen molar-refractivity contribution in [2.45, 2.75) is 32.0 Å². The van der Waals surface area contributed by atoms with E-state index in [1.54, 1.807) is 6.92 Å². The summed E-state index contributed by atoms with van der Waals surface area (Å²) in [7, 11) is 0. The zero-order valence-electron chi connectivity index (χ0n) is 11.1. The molecule has 20 heavy (non-hydrogen) atoms. The maximum Gasteiger partial charge on any atom is 0.391 e. The van der Waals surface area contributed by atoms with Crippen molar-refractivity contribution in [3.05, 3.63) is 29.6 Å². The van der Waals surface area contributed by atoms with Gasteiger partial charge in [-0.25, -0.2) is 4.39 Å². The summed E-state index contributed by atoms with van der Waals surface area (Å²) in [6.07, 6.45) is -4.05. The largest absolute Gasteiger partial charge is 0.508 e. The summed E-state index contributed by atoms with van der Waals surface area (Å²) >= 11 is 0. The Morgan fingerprint density at radius 1 is 1.25 bits per heavy atom. The van der Waals surface area contributed by atoms with E-state index in [0.717, 1.165) is 6.07 Å². The summed E-state index contributed by atoms with van der Waals surface area (Å²) in [5, 5.41) is 9.74. The zero-order valence-corrected chi connectivity index (χ0v) is 11.1. The van der Waals surface area contributed by atoms with Crippen LogP contribution in [0.3, 0.4) is 0 Å². The number of nitrogens with zero attached hydrogens (tertiary/aromatic N) is 1. The number of benzene rings is 1. The molecule has 1 aliphatic heterocycles. The Morgan fingerprint density at radius 3 is 2.40 bits per heavy atom. The molecule has 2 nitrogen and oxygen atoms in total. The molecule has 1 fully saturated rings. The number of halogens is 4. The second kappa shape index (κ2) is 5.60. The lowest BCUT2D eigenvalue weighted by molar-refractivity contribution is -0.186. The highest BCUT2D eigenvalue weighted by atomic mass is 19.4. The van der Waals surface area contributed by atoms with Gasteiger partial charge in [-0.2, -0.15) is 13.2 Å². The van der Waals surface area contributed by atoms with Crippen LogP contribution in [0.5, 0.6) is 5.75 Å². The first kappa shape index (κ1) is 15.1. The number of hydrogen-bond donors (Lipinski definition) is 1. The van der Waals surface area contributed by atoms with Gasteiger partial charge in [-0.15, -0.1) is 0 Å². The minimum absolute atomic E-state index is 0.0307. The van der Waals surface area contributed by atoms with Crippen molar-refractivity contribution in [3.63, 3.8) is 0 Å². The Hall–Kier alpha value is -1.30. The van der Waals surface area contributed by atoms with Crippen molar-refractivity contribution < 1.29 is 22.7 Å². The lowest BCUT2D eigenvalue weighted by Crippen LogP contribution is -2.40. The third kappa shape index (κ3) is 3.23. The molecule has 1 saturated heterocycles.